The monoisotopic (exact) mass is 196 g/mol. The van der Waals surface area contributed by atoms with Crippen molar-refractivity contribution in [3.63, 3.8) is 0 Å². The molecule has 0 saturated carbocycles. The number of amides is 1. The van der Waals surface area contributed by atoms with Crippen molar-refractivity contribution < 1.29 is 14.3 Å². The molecule has 0 fully saturated rings. The molecule has 1 aromatic rings. The molecule has 5 heteroatoms. The first-order valence-electron chi connectivity index (χ1n) is 4.24. The van der Waals surface area contributed by atoms with Gasteiger partial charge in [-0.3, -0.25) is 0 Å². The highest BCUT2D eigenvalue weighted by atomic mass is 16.5. The van der Waals surface area contributed by atoms with Crippen LogP contribution in [0.3, 0.4) is 0 Å². The lowest BCUT2D eigenvalue weighted by Gasteiger charge is -2.03. The molecular formula is C9H12N2O3. The minimum atomic E-state index is -0.445. The molecule has 1 heterocycles. The number of pyridine rings is 1. The maximum absolute atomic E-state index is 10.7. The van der Waals surface area contributed by atoms with Crippen LogP contribution in [-0.2, 0) is 11.2 Å². The van der Waals surface area contributed by atoms with Crippen LogP contribution in [0.25, 0.3) is 0 Å². The molecule has 1 rings (SSSR count). The Labute approximate surface area is 81.9 Å². The van der Waals surface area contributed by atoms with Gasteiger partial charge in [0.15, 0.2) is 12.4 Å². The van der Waals surface area contributed by atoms with Gasteiger partial charge in [-0.1, -0.05) is 0 Å². The number of ether oxygens (including phenoxy) is 1. The molecule has 0 saturated heterocycles. The van der Waals surface area contributed by atoms with Gasteiger partial charge in [-0.05, 0) is 5.56 Å². The Morgan fingerprint density at radius 1 is 1.57 bits per heavy atom. The zero-order valence-electron chi connectivity index (χ0n) is 7.90. The second-order valence-corrected chi connectivity index (χ2v) is 2.70. The largest absolute Gasteiger partial charge is 0.619 e. The number of nitrogens with one attached hydrogen (secondary N) is 1. The summed E-state index contributed by atoms with van der Waals surface area (Å²) < 4.78 is 5.50. The Balaban J connectivity index is 2.31. The molecule has 1 N–H and O–H groups in total. The van der Waals surface area contributed by atoms with E-state index in [2.05, 4.69) is 5.32 Å². The third-order valence-corrected chi connectivity index (χ3v) is 1.70. The first-order chi connectivity index (χ1) is 6.72. The molecule has 5 nitrogen and oxygen atoms in total. The molecular weight excluding hydrogens is 184 g/mol. The fraction of sp³-hybridized carbons (Fsp3) is 0.333. The summed E-state index contributed by atoms with van der Waals surface area (Å²) in [7, 11) is 1.51. The lowest BCUT2D eigenvalue weighted by molar-refractivity contribution is -0.605. The average Bonchev–Trinajstić information content (AvgIpc) is 2.21. The van der Waals surface area contributed by atoms with Gasteiger partial charge in [0.25, 0.3) is 0 Å². The van der Waals surface area contributed by atoms with Gasteiger partial charge in [0, 0.05) is 25.6 Å². The van der Waals surface area contributed by atoms with Crippen molar-refractivity contribution in [3.05, 3.63) is 35.3 Å². The predicted octanol–water partition coefficient (Wildman–Crippen LogP) is 0.218. The normalized spacial score (nSPS) is 9.50. The molecule has 14 heavy (non-hydrogen) atoms. The van der Waals surface area contributed by atoms with Crippen molar-refractivity contribution in [1.29, 1.82) is 0 Å². The van der Waals surface area contributed by atoms with Gasteiger partial charge < -0.3 is 15.3 Å². The first kappa shape index (κ1) is 10.3. The minimum Gasteiger partial charge on any atom is -0.619 e. The number of nitrogens with zero attached hydrogens (tertiary/aromatic N) is 1. The first-order valence-corrected chi connectivity index (χ1v) is 4.24. The third-order valence-electron chi connectivity index (χ3n) is 1.70. The number of hydrogen-bond donors (Lipinski definition) is 1. The van der Waals surface area contributed by atoms with E-state index in [1.165, 1.54) is 19.4 Å². The SMILES string of the molecule is CNC(=O)OCCc1cc[n+]([O-])cc1. The van der Waals surface area contributed by atoms with Crippen LogP contribution >= 0.6 is 0 Å². The van der Waals surface area contributed by atoms with Crippen LogP contribution in [0.1, 0.15) is 5.56 Å². The van der Waals surface area contributed by atoms with Crippen molar-refractivity contribution in [1.82, 2.24) is 5.32 Å². The van der Waals surface area contributed by atoms with E-state index < -0.39 is 6.09 Å². The lowest BCUT2D eigenvalue weighted by Crippen LogP contribution is -2.24. The van der Waals surface area contributed by atoms with Crippen molar-refractivity contribution >= 4 is 6.09 Å². The summed E-state index contributed by atoms with van der Waals surface area (Å²) in [5.41, 5.74) is 0.959. The second kappa shape index (κ2) is 5.06. The van der Waals surface area contributed by atoms with Crippen LogP contribution in [0, 0.1) is 5.21 Å². The van der Waals surface area contributed by atoms with Gasteiger partial charge in [-0.2, -0.15) is 4.73 Å². The summed E-state index contributed by atoms with van der Waals surface area (Å²) in [6.45, 7) is 0.308. The van der Waals surface area contributed by atoms with E-state index >= 15 is 0 Å². The van der Waals surface area contributed by atoms with Crippen LogP contribution in [0.4, 0.5) is 4.79 Å². The standard InChI is InChI=1S/C9H12N2O3/c1-10-9(12)14-7-4-8-2-5-11(13)6-3-8/h2-3,5-6H,4,7H2,1H3,(H,10,12). The maximum atomic E-state index is 10.7. The van der Waals surface area contributed by atoms with Crippen LogP contribution in [0.5, 0.6) is 0 Å². The summed E-state index contributed by atoms with van der Waals surface area (Å²) in [5, 5.41) is 13.0. The highest BCUT2D eigenvalue weighted by molar-refractivity contribution is 5.66. The van der Waals surface area contributed by atoms with E-state index in [9.17, 15) is 10.0 Å². The molecule has 0 aliphatic heterocycles. The van der Waals surface area contributed by atoms with Gasteiger partial charge in [-0.25, -0.2) is 4.79 Å². The molecule has 0 aliphatic rings. The summed E-state index contributed by atoms with van der Waals surface area (Å²) in [6.07, 6.45) is 2.98. The summed E-state index contributed by atoms with van der Waals surface area (Å²) in [6, 6.07) is 3.39. The van der Waals surface area contributed by atoms with Crippen LogP contribution in [-0.4, -0.2) is 19.7 Å². The zero-order valence-corrected chi connectivity index (χ0v) is 7.90. The molecule has 0 unspecified atom stereocenters. The Bertz CT molecular complexity index is 297. The quantitative estimate of drug-likeness (QED) is 0.555. The van der Waals surface area contributed by atoms with Crippen molar-refractivity contribution in [2.45, 2.75) is 6.42 Å². The Morgan fingerprint density at radius 2 is 2.21 bits per heavy atom. The molecule has 0 aliphatic carbocycles. The van der Waals surface area contributed by atoms with E-state index in [4.69, 9.17) is 4.74 Å². The Hall–Kier alpha value is -1.78. The van der Waals surface area contributed by atoms with Gasteiger partial charge in [0.2, 0.25) is 0 Å². The molecule has 1 amide bonds. The van der Waals surface area contributed by atoms with Crippen LogP contribution < -0.4 is 10.0 Å². The molecule has 0 atom stereocenters. The number of carbonyl (C=O) groups excluding carboxylic acids is 1. The number of hydrogen-bond acceptors (Lipinski definition) is 3. The highest BCUT2D eigenvalue weighted by Crippen LogP contribution is 1.96. The predicted molar refractivity (Wildman–Crippen MR) is 49.5 cm³/mol. The summed E-state index contributed by atoms with van der Waals surface area (Å²) >= 11 is 0. The van der Waals surface area contributed by atoms with Gasteiger partial charge in [0.05, 0.1) is 6.61 Å². The topological polar surface area (TPSA) is 65.3 Å². The fourth-order valence-corrected chi connectivity index (χ4v) is 0.944. The number of carbonyl (C=O) groups is 1. The van der Waals surface area contributed by atoms with E-state index in [0.29, 0.717) is 17.8 Å². The molecule has 0 radical (unpaired) electrons. The van der Waals surface area contributed by atoms with Gasteiger partial charge in [0.1, 0.15) is 0 Å². The molecule has 0 spiro atoms. The summed E-state index contributed by atoms with van der Waals surface area (Å²) in [4.78, 5) is 10.7. The number of alkyl carbamates (subject to hydrolysis) is 1. The number of aromatic nitrogens is 1. The van der Waals surface area contributed by atoms with Crippen molar-refractivity contribution in [3.8, 4) is 0 Å². The molecule has 1 aromatic heterocycles. The van der Waals surface area contributed by atoms with Crippen molar-refractivity contribution in [2.24, 2.45) is 0 Å². The van der Waals surface area contributed by atoms with E-state index in [-0.39, 0.29) is 0 Å². The number of rotatable bonds is 3. The second-order valence-electron chi connectivity index (χ2n) is 2.70. The van der Waals surface area contributed by atoms with E-state index in [0.717, 1.165) is 5.56 Å². The summed E-state index contributed by atoms with van der Waals surface area (Å²) in [5.74, 6) is 0. The Morgan fingerprint density at radius 3 is 2.79 bits per heavy atom. The molecule has 76 valence electrons. The Kier molecular flexibility index (Phi) is 3.72. The fourth-order valence-electron chi connectivity index (χ4n) is 0.944. The van der Waals surface area contributed by atoms with Crippen LogP contribution in [0.2, 0.25) is 0 Å². The van der Waals surface area contributed by atoms with Crippen molar-refractivity contribution in [2.75, 3.05) is 13.7 Å². The van der Waals surface area contributed by atoms with Gasteiger partial charge in [-0.15, -0.1) is 0 Å². The average molecular weight is 196 g/mol. The molecule has 0 bridgehead atoms. The van der Waals surface area contributed by atoms with Gasteiger partial charge >= 0.3 is 6.09 Å². The van der Waals surface area contributed by atoms with E-state index in [1.807, 2.05) is 0 Å². The highest BCUT2D eigenvalue weighted by Gasteiger charge is 1.99. The lowest BCUT2D eigenvalue weighted by atomic mass is 10.2. The smallest absolute Gasteiger partial charge is 0.406 e. The maximum Gasteiger partial charge on any atom is 0.406 e. The minimum absolute atomic E-state index is 0.308. The zero-order chi connectivity index (χ0) is 10.4. The third kappa shape index (κ3) is 3.30. The van der Waals surface area contributed by atoms with E-state index in [1.54, 1.807) is 12.1 Å². The molecule has 0 aromatic carbocycles. The van der Waals surface area contributed by atoms with Crippen LogP contribution in [0.15, 0.2) is 24.5 Å².